The lowest BCUT2D eigenvalue weighted by molar-refractivity contribution is -0.384. The summed E-state index contributed by atoms with van der Waals surface area (Å²) < 4.78 is 2.12. The van der Waals surface area contributed by atoms with Gasteiger partial charge in [-0.25, -0.2) is 0 Å². The van der Waals surface area contributed by atoms with Crippen LogP contribution in [0.1, 0.15) is 31.7 Å². The van der Waals surface area contributed by atoms with Gasteiger partial charge in [-0.1, -0.05) is 49.6 Å². The fourth-order valence-electron chi connectivity index (χ4n) is 2.99. The molecule has 0 saturated heterocycles. The standard InChI is InChI=1S/C20H21ClN4O2/c1-2-3-6-13-24-19-8-5-4-7-17(19)18(20(24)21)14-22-23-15-9-11-16(12-10-15)25(26)27/h4-5,7-12,14,23H,2-3,6,13H2,1H3/b22-14+. The molecule has 0 saturated carbocycles. The number of nitrogens with zero attached hydrogens (tertiary/aromatic N) is 3. The number of nitro benzene ring substituents is 1. The molecule has 1 heterocycles. The molecule has 0 spiro atoms. The Labute approximate surface area is 162 Å². The molecule has 0 atom stereocenters. The van der Waals surface area contributed by atoms with Crippen LogP contribution in [0.4, 0.5) is 11.4 Å². The van der Waals surface area contributed by atoms with E-state index in [9.17, 15) is 10.1 Å². The van der Waals surface area contributed by atoms with Crippen LogP contribution in [0.3, 0.4) is 0 Å². The first-order chi connectivity index (χ1) is 13.1. The van der Waals surface area contributed by atoms with Gasteiger partial charge in [0.1, 0.15) is 5.15 Å². The zero-order valence-corrected chi connectivity index (χ0v) is 15.8. The number of para-hydroxylation sites is 1. The van der Waals surface area contributed by atoms with Gasteiger partial charge >= 0.3 is 0 Å². The number of unbranched alkanes of at least 4 members (excludes halogenated alkanes) is 2. The van der Waals surface area contributed by atoms with E-state index in [0.717, 1.165) is 42.3 Å². The average molecular weight is 385 g/mol. The number of hydrazone groups is 1. The molecule has 7 heteroatoms. The number of nitro groups is 1. The summed E-state index contributed by atoms with van der Waals surface area (Å²) in [7, 11) is 0. The minimum absolute atomic E-state index is 0.0442. The number of hydrogen-bond acceptors (Lipinski definition) is 4. The molecule has 0 radical (unpaired) electrons. The van der Waals surface area contributed by atoms with E-state index in [-0.39, 0.29) is 5.69 Å². The Balaban J connectivity index is 1.82. The fourth-order valence-corrected chi connectivity index (χ4v) is 3.32. The fraction of sp³-hybridized carbons (Fsp3) is 0.250. The third kappa shape index (κ3) is 4.28. The SMILES string of the molecule is CCCCCn1c(Cl)c(/C=N/Nc2ccc([N+](=O)[O-])cc2)c2ccccc21. The van der Waals surface area contributed by atoms with Crippen molar-refractivity contribution >= 4 is 40.1 Å². The van der Waals surface area contributed by atoms with E-state index in [0.29, 0.717) is 10.8 Å². The second-order valence-corrected chi connectivity index (χ2v) is 6.61. The van der Waals surface area contributed by atoms with Crippen LogP contribution in [0.15, 0.2) is 53.6 Å². The summed E-state index contributed by atoms with van der Waals surface area (Å²) in [5, 5.41) is 16.7. The number of fused-ring (bicyclic) bond motifs is 1. The number of aromatic nitrogens is 1. The molecule has 1 aromatic heterocycles. The summed E-state index contributed by atoms with van der Waals surface area (Å²) in [5.41, 5.74) is 5.55. The number of nitrogens with one attached hydrogen (secondary N) is 1. The van der Waals surface area contributed by atoms with Gasteiger partial charge in [-0.2, -0.15) is 5.10 Å². The Morgan fingerprint density at radius 3 is 2.63 bits per heavy atom. The molecule has 27 heavy (non-hydrogen) atoms. The molecule has 0 amide bonds. The second-order valence-electron chi connectivity index (χ2n) is 6.25. The third-order valence-electron chi connectivity index (χ3n) is 4.39. The predicted molar refractivity (Wildman–Crippen MR) is 111 cm³/mol. The van der Waals surface area contributed by atoms with E-state index < -0.39 is 4.92 Å². The van der Waals surface area contributed by atoms with E-state index in [2.05, 4.69) is 28.1 Å². The lowest BCUT2D eigenvalue weighted by Crippen LogP contribution is -1.98. The van der Waals surface area contributed by atoms with Gasteiger partial charge in [-0.3, -0.25) is 15.5 Å². The molecule has 0 unspecified atom stereocenters. The molecule has 0 aliphatic rings. The van der Waals surface area contributed by atoms with Crippen LogP contribution in [0.25, 0.3) is 10.9 Å². The molecular formula is C20H21ClN4O2. The maximum absolute atomic E-state index is 10.7. The summed E-state index contributed by atoms with van der Waals surface area (Å²) in [4.78, 5) is 10.3. The van der Waals surface area contributed by atoms with E-state index >= 15 is 0 Å². The first-order valence-corrected chi connectivity index (χ1v) is 9.30. The van der Waals surface area contributed by atoms with Crippen molar-refractivity contribution in [1.82, 2.24) is 4.57 Å². The monoisotopic (exact) mass is 384 g/mol. The maximum Gasteiger partial charge on any atom is 0.269 e. The largest absolute Gasteiger partial charge is 0.331 e. The summed E-state index contributed by atoms with van der Waals surface area (Å²) in [6, 6.07) is 14.2. The highest BCUT2D eigenvalue weighted by molar-refractivity contribution is 6.34. The van der Waals surface area contributed by atoms with Crippen LogP contribution < -0.4 is 5.43 Å². The van der Waals surface area contributed by atoms with Gasteiger partial charge in [-0.05, 0) is 24.6 Å². The Bertz CT molecular complexity index is 964. The van der Waals surface area contributed by atoms with Crippen molar-refractivity contribution in [3.8, 4) is 0 Å². The van der Waals surface area contributed by atoms with Crippen LogP contribution in [-0.2, 0) is 6.54 Å². The Morgan fingerprint density at radius 1 is 1.19 bits per heavy atom. The normalized spacial score (nSPS) is 11.3. The molecule has 3 rings (SSSR count). The molecular weight excluding hydrogens is 364 g/mol. The maximum atomic E-state index is 10.7. The minimum atomic E-state index is -0.430. The highest BCUT2D eigenvalue weighted by atomic mass is 35.5. The lowest BCUT2D eigenvalue weighted by Gasteiger charge is -2.06. The second kappa shape index (κ2) is 8.68. The molecule has 0 bridgehead atoms. The van der Waals surface area contributed by atoms with Gasteiger partial charge in [0.15, 0.2) is 0 Å². The highest BCUT2D eigenvalue weighted by Gasteiger charge is 2.13. The number of aryl methyl sites for hydroxylation is 1. The summed E-state index contributed by atoms with van der Waals surface area (Å²) in [6.07, 6.45) is 5.09. The van der Waals surface area contributed by atoms with Crippen molar-refractivity contribution in [1.29, 1.82) is 0 Å². The van der Waals surface area contributed by atoms with E-state index in [4.69, 9.17) is 11.6 Å². The molecule has 6 nitrogen and oxygen atoms in total. The predicted octanol–water partition coefficient (Wildman–Crippen LogP) is 5.84. The number of hydrogen-bond donors (Lipinski definition) is 1. The van der Waals surface area contributed by atoms with Crippen molar-refractivity contribution in [2.24, 2.45) is 5.10 Å². The van der Waals surface area contributed by atoms with Gasteiger partial charge in [0.05, 0.1) is 16.8 Å². The zero-order valence-electron chi connectivity index (χ0n) is 15.1. The van der Waals surface area contributed by atoms with Crippen LogP contribution in [-0.4, -0.2) is 15.7 Å². The number of non-ortho nitro benzene ring substituents is 1. The van der Waals surface area contributed by atoms with Crippen molar-refractivity contribution in [2.45, 2.75) is 32.7 Å². The quantitative estimate of drug-likeness (QED) is 0.229. The minimum Gasteiger partial charge on any atom is -0.331 e. The Hall–Kier alpha value is -2.86. The average Bonchev–Trinajstić information content (AvgIpc) is 2.94. The van der Waals surface area contributed by atoms with Crippen molar-refractivity contribution in [3.63, 3.8) is 0 Å². The number of anilines is 1. The molecule has 1 N–H and O–H groups in total. The molecule has 0 aliphatic heterocycles. The number of rotatable bonds is 8. The van der Waals surface area contributed by atoms with Crippen LogP contribution in [0.5, 0.6) is 0 Å². The van der Waals surface area contributed by atoms with Crippen molar-refractivity contribution < 1.29 is 4.92 Å². The first-order valence-electron chi connectivity index (χ1n) is 8.92. The summed E-state index contributed by atoms with van der Waals surface area (Å²) in [6.45, 7) is 3.05. The summed E-state index contributed by atoms with van der Waals surface area (Å²) in [5.74, 6) is 0. The third-order valence-corrected chi connectivity index (χ3v) is 4.80. The van der Waals surface area contributed by atoms with E-state index in [1.165, 1.54) is 12.1 Å². The van der Waals surface area contributed by atoms with Crippen LogP contribution in [0.2, 0.25) is 5.15 Å². The van der Waals surface area contributed by atoms with Crippen molar-refractivity contribution in [2.75, 3.05) is 5.43 Å². The Kier molecular flexibility index (Phi) is 6.08. The molecule has 0 fully saturated rings. The molecule has 2 aromatic carbocycles. The smallest absolute Gasteiger partial charge is 0.269 e. The van der Waals surface area contributed by atoms with E-state index in [1.54, 1.807) is 18.3 Å². The van der Waals surface area contributed by atoms with Crippen LogP contribution >= 0.6 is 11.6 Å². The first kappa shape index (κ1) is 18.9. The number of halogens is 1. The molecule has 0 aliphatic carbocycles. The van der Waals surface area contributed by atoms with Gasteiger partial charge in [0.25, 0.3) is 5.69 Å². The van der Waals surface area contributed by atoms with Gasteiger partial charge in [0, 0.05) is 35.1 Å². The molecule has 3 aromatic rings. The van der Waals surface area contributed by atoms with E-state index in [1.807, 2.05) is 18.2 Å². The van der Waals surface area contributed by atoms with Gasteiger partial charge < -0.3 is 4.57 Å². The van der Waals surface area contributed by atoms with Gasteiger partial charge in [0.2, 0.25) is 0 Å². The lowest BCUT2D eigenvalue weighted by atomic mass is 10.2. The van der Waals surface area contributed by atoms with Crippen molar-refractivity contribution in [3.05, 3.63) is 69.4 Å². The van der Waals surface area contributed by atoms with Crippen LogP contribution in [0, 0.1) is 10.1 Å². The highest BCUT2D eigenvalue weighted by Crippen LogP contribution is 2.29. The molecule has 140 valence electrons. The topological polar surface area (TPSA) is 72.5 Å². The summed E-state index contributed by atoms with van der Waals surface area (Å²) >= 11 is 6.64. The number of benzene rings is 2. The van der Waals surface area contributed by atoms with Gasteiger partial charge in [-0.15, -0.1) is 0 Å². The zero-order chi connectivity index (χ0) is 19.2. The Morgan fingerprint density at radius 2 is 1.93 bits per heavy atom.